The number of nitrogens with one attached hydrogen (secondary N) is 1. The van der Waals surface area contributed by atoms with Crippen LogP contribution in [-0.2, 0) is 0 Å². The lowest BCUT2D eigenvalue weighted by molar-refractivity contribution is 0.811. The third-order valence-electron chi connectivity index (χ3n) is 2.34. The molecule has 3 N–H and O–H groups in total. The lowest BCUT2D eigenvalue weighted by Crippen LogP contribution is -2.15. The van der Waals surface area contributed by atoms with Crippen molar-refractivity contribution in [2.24, 2.45) is 10.7 Å². The first-order valence-electron chi connectivity index (χ1n) is 5.68. The number of hydrogen-bond donors (Lipinski definition) is 2. The third-order valence-corrected chi connectivity index (χ3v) is 3.85. The molecule has 0 aromatic carbocycles. The molecule has 0 saturated heterocycles. The fraction of sp³-hybridized carbons (Fsp3) is 0.750. The summed E-state index contributed by atoms with van der Waals surface area (Å²) in [6.45, 7) is 2.89. The highest BCUT2D eigenvalue weighted by Gasteiger charge is 2.02. The maximum absolute atomic E-state index is 5.47. The molecule has 4 heteroatoms. The number of rotatable bonds is 7. The monoisotopic (exact) mass is 245 g/mol. The van der Waals surface area contributed by atoms with Crippen molar-refractivity contribution in [3.8, 4) is 0 Å². The zero-order valence-electron chi connectivity index (χ0n) is 11.3. The molecule has 0 radical (unpaired) electrons. The molecule has 0 atom stereocenters. The van der Waals surface area contributed by atoms with Crippen LogP contribution < -0.4 is 11.1 Å². The van der Waals surface area contributed by atoms with E-state index in [2.05, 4.69) is 29.1 Å². The molecule has 0 fully saturated rings. The molecule has 0 aliphatic heterocycles. The summed E-state index contributed by atoms with van der Waals surface area (Å²) in [5.41, 5.74) is 7.38. The highest BCUT2D eigenvalue weighted by Crippen LogP contribution is 2.35. The molecule has 0 saturated carbocycles. The van der Waals surface area contributed by atoms with Crippen molar-refractivity contribution in [2.45, 2.75) is 19.8 Å². The van der Waals surface area contributed by atoms with E-state index in [0.717, 1.165) is 18.0 Å². The van der Waals surface area contributed by atoms with Crippen LogP contribution in [0.2, 0.25) is 0 Å². The molecule has 16 heavy (non-hydrogen) atoms. The summed E-state index contributed by atoms with van der Waals surface area (Å²) in [5, 5.41) is 3.03. The molecule has 96 valence electrons. The van der Waals surface area contributed by atoms with Crippen molar-refractivity contribution in [2.75, 3.05) is 38.1 Å². The van der Waals surface area contributed by atoms with Crippen LogP contribution in [0.25, 0.3) is 0 Å². The zero-order valence-corrected chi connectivity index (χ0v) is 12.2. The predicted molar refractivity (Wildman–Crippen MR) is 78.8 cm³/mol. The van der Waals surface area contributed by atoms with Gasteiger partial charge in [-0.15, -0.1) is 0 Å². The van der Waals surface area contributed by atoms with Crippen molar-refractivity contribution >= 4 is 15.7 Å². The summed E-state index contributed by atoms with van der Waals surface area (Å²) >= 11 is 0. The van der Waals surface area contributed by atoms with Gasteiger partial charge in [0, 0.05) is 19.8 Å². The first-order valence-corrected chi connectivity index (χ1v) is 8.70. The number of aliphatic imine (C=N–C) groups is 1. The van der Waals surface area contributed by atoms with Crippen LogP contribution in [0.4, 0.5) is 0 Å². The number of nitrogens with two attached hydrogens (primary N) is 1. The topological polar surface area (TPSA) is 50.4 Å². The quantitative estimate of drug-likeness (QED) is 0.532. The third kappa shape index (κ3) is 7.63. The Morgan fingerprint density at radius 3 is 2.38 bits per heavy atom. The summed E-state index contributed by atoms with van der Waals surface area (Å²) < 4.78 is 0. The maximum Gasteiger partial charge on any atom is 0.0706 e. The Hall–Kier alpha value is -0.640. The van der Waals surface area contributed by atoms with E-state index in [9.17, 15) is 0 Å². The summed E-state index contributed by atoms with van der Waals surface area (Å²) in [5.74, 6) is 1.34. The fourth-order valence-corrected chi connectivity index (χ4v) is 2.43. The second kappa shape index (κ2) is 7.60. The highest BCUT2D eigenvalue weighted by atomic mass is 32.3. The summed E-state index contributed by atoms with van der Waals surface area (Å²) in [4.78, 5) is 4.50. The highest BCUT2D eigenvalue weighted by molar-refractivity contribution is 8.32. The smallest absolute Gasteiger partial charge is 0.0706 e. The molecular weight excluding hydrogens is 218 g/mol. The fourth-order valence-electron chi connectivity index (χ4n) is 1.36. The van der Waals surface area contributed by atoms with Crippen molar-refractivity contribution in [3.63, 3.8) is 0 Å². The van der Waals surface area contributed by atoms with Crippen LogP contribution in [0.1, 0.15) is 19.8 Å². The van der Waals surface area contributed by atoms with Crippen LogP contribution in [0.3, 0.4) is 0 Å². The Balaban J connectivity index is 3.84. The van der Waals surface area contributed by atoms with Gasteiger partial charge in [-0.05, 0) is 44.3 Å². The van der Waals surface area contributed by atoms with Crippen LogP contribution in [-0.4, -0.2) is 43.8 Å². The van der Waals surface area contributed by atoms with Gasteiger partial charge in [-0.2, -0.15) is 0 Å². The van der Waals surface area contributed by atoms with Crippen LogP contribution >= 0.6 is 10.0 Å². The number of nitrogens with zero attached hydrogens (tertiary/aromatic N) is 1. The van der Waals surface area contributed by atoms with Gasteiger partial charge in [0.15, 0.2) is 0 Å². The molecule has 0 bridgehead atoms. The van der Waals surface area contributed by atoms with Crippen LogP contribution in [0.15, 0.2) is 16.9 Å². The predicted octanol–water partition coefficient (Wildman–Crippen LogP) is 1.94. The van der Waals surface area contributed by atoms with Crippen molar-refractivity contribution < 1.29 is 0 Å². The molecule has 0 aliphatic rings. The van der Waals surface area contributed by atoms with E-state index in [-0.39, 0.29) is 10.0 Å². The minimum atomic E-state index is -0.343. The Morgan fingerprint density at radius 2 is 1.94 bits per heavy atom. The van der Waals surface area contributed by atoms with E-state index in [1.165, 1.54) is 18.6 Å². The average Bonchev–Trinajstić information content (AvgIpc) is 2.17. The van der Waals surface area contributed by atoms with Crippen molar-refractivity contribution in [1.29, 1.82) is 0 Å². The van der Waals surface area contributed by atoms with Gasteiger partial charge in [-0.25, -0.2) is 10.0 Å². The van der Waals surface area contributed by atoms with E-state index in [0.29, 0.717) is 0 Å². The summed E-state index contributed by atoms with van der Waals surface area (Å²) in [6, 6.07) is 0. The number of allylic oxidation sites excluding steroid dienone is 1. The van der Waals surface area contributed by atoms with Crippen LogP contribution in [0, 0.1) is 0 Å². The Bertz CT molecular complexity index is 251. The molecule has 0 amide bonds. The minimum absolute atomic E-state index is 0.343. The Morgan fingerprint density at radius 1 is 1.31 bits per heavy atom. The van der Waals surface area contributed by atoms with Crippen molar-refractivity contribution in [3.05, 3.63) is 11.9 Å². The van der Waals surface area contributed by atoms with E-state index in [4.69, 9.17) is 5.73 Å². The number of hydrogen-bond acceptors (Lipinski definition) is 3. The second-order valence-corrected chi connectivity index (χ2v) is 9.39. The molecule has 0 rings (SSSR count). The molecular formula is C12H27N3S. The van der Waals surface area contributed by atoms with E-state index >= 15 is 0 Å². The molecule has 0 aliphatic carbocycles. The van der Waals surface area contributed by atoms with Gasteiger partial charge in [0.05, 0.1) is 11.4 Å². The molecule has 0 aromatic rings. The van der Waals surface area contributed by atoms with Gasteiger partial charge in [0.1, 0.15) is 0 Å². The largest absolute Gasteiger partial charge is 0.403 e. The maximum atomic E-state index is 5.47. The van der Waals surface area contributed by atoms with Gasteiger partial charge in [0.25, 0.3) is 0 Å². The van der Waals surface area contributed by atoms with E-state index < -0.39 is 0 Å². The van der Waals surface area contributed by atoms with Crippen LogP contribution in [0.5, 0.6) is 0 Å². The van der Waals surface area contributed by atoms with Gasteiger partial charge < -0.3 is 11.1 Å². The van der Waals surface area contributed by atoms with E-state index in [1.807, 2.05) is 14.0 Å². The molecule has 0 aromatic heterocycles. The standard InChI is InChI=1S/C12H27N3S/c1-11(12(10-13)14-2)15-8-6-7-9-16(3,4)5/h10,14H,6-9,13H2,1-5H3. The first-order chi connectivity index (χ1) is 7.40. The molecule has 0 heterocycles. The number of unbranched alkanes of at least 4 members (excludes halogenated alkanes) is 1. The molecule has 0 spiro atoms. The SMILES string of the molecule is CNC(=CN)C(C)=NCCCCS(C)(C)C. The first kappa shape index (κ1) is 15.4. The molecule has 0 unspecified atom stereocenters. The minimum Gasteiger partial charge on any atom is -0.403 e. The lowest BCUT2D eigenvalue weighted by atomic mass is 10.3. The zero-order chi connectivity index (χ0) is 12.6. The van der Waals surface area contributed by atoms with Gasteiger partial charge >= 0.3 is 0 Å². The normalized spacial score (nSPS) is 15.1. The van der Waals surface area contributed by atoms with E-state index in [1.54, 1.807) is 6.20 Å². The van der Waals surface area contributed by atoms with Gasteiger partial charge in [-0.3, -0.25) is 4.99 Å². The van der Waals surface area contributed by atoms with Crippen molar-refractivity contribution in [1.82, 2.24) is 5.32 Å². The second-order valence-electron chi connectivity index (χ2n) is 4.80. The van der Waals surface area contributed by atoms with Gasteiger partial charge in [-0.1, -0.05) is 0 Å². The summed E-state index contributed by atoms with van der Waals surface area (Å²) in [7, 11) is 1.52. The van der Waals surface area contributed by atoms with Gasteiger partial charge in [0.2, 0.25) is 0 Å². The Labute approximate surface area is 102 Å². The molecule has 3 nitrogen and oxygen atoms in total. The lowest BCUT2D eigenvalue weighted by Gasteiger charge is -2.24. The summed E-state index contributed by atoms with van der Waals surface area (Å²) in [6.07, 6.45) is 11.1. The average molecular weight is 245 g/mol. The Kier molecular flexibility index (Phi) is 7.30.